The lowest BCUT2D eigenvalue weighted by Crippen LogP contribution is -1.96. The Labute approximate surface area is 121 Å². The Hall–Kier alpha value is -1.35. The molecule has 0 fully saturated rings. The lowest BCUT2D eigenvalue weighted by molar-refractivity contribution is 0.309. The first-order valence-electron chi connectivity index (χ1n) is 6.39. The van der Waals surface area contributed by atoms with Crippen molar-refractivity contribution in [2.45, 2.75) is 19.8 Å². The van der Waals surface area contributed by atoms with E-state index in [1.54, 1.807) is 6.07 Å². The summed E-state index contributed by atoms with van der Waals surface area (Å²) >= 11 is 3.26. The molecule has 19 heavy (non-hydrogen) atoms. The van der Waals surface area contributed by atoms with Gasteiger partial charge in [-0.15, -0.1) is 0 Å². The quantitative estimate of drug-likeness (QED) is 0.666. The highest BCUT2D eigenvalue weighted by Gasteiger charge is 2.05. The normalized spacial score (nSPS) is 10.5. The van der Waals surface area contributed by atoms with Crippen molar-refractivity contribution in [1.29, 1.82) is 0 Å². The number of unbranched alkanes of at least 4 members (excludes halogenated alkanes) is 1. The Balaban J connectivity index is 2.13. The number of rotatable bonds is 5. The minimum absolute atomic E-state index is 0.228. The number of benzene rings is 2. The van der Waals surface area contributed by atoms with E-state index in [0.717, 1.165) is 35.2 Å². The largest absolute Gasteiger partial charge is 0.494 e. The Morgan fingerprint density at radius 2 is 1.84 bits per heavy atom. The van der Waals surface area contributed by atoms with Crippen molar-refractivity contribution in [2.24, 2.45) is 0 Å². The molecular weight excluding hydrogens is 307 g/mol. The summed E-state index contributed by atoms with van der Waals surface area (Å²) in [7, 11) is 0. The third kappa shape index (κ3) is 3.80. The van der Waals surface area contributed by atoms with Crippen LogP contribution in [0.1, 0.15) is 19.8 Å². The van der Waals surface area contributed by atoms with Gasteiger partial charge >= 0.3 is 0 Å². The number of hydrogen-bond donors (Lipinski definition) is 0. The minimum Gasteiger partial charge on any atom is -0.494 e. The van der Waals surface area contributed by atoms with Crippen molar-refractivity contribution in [3.05, 3.63) is 52.8 Å². The first-order chi connectivity index (χ1) is 9.20. The van der Waals surface area contributed by atoms with Gasteiger partial charge in [-0.3, -0.25) is 0 Å². The molecule has 0 aliphatic carbocycles. The van der Waals surface area contributed by atoms with Gasteiger partial charge in [-0.2, -0.15) is 0 Å². The molecule has 0 saturated heterocycles. The molecule has 0 N–H and O–H groups in total. The van der Waals surface area contributed by atoms with Crippen LogP contribution in [0.4, 0.5) is 4.39 Å². The first-order valence-corrected chi connectivity index (χ1v) is 7.18. The van der Waals surface area contributed by atoms with Crippen molar-refractivity contribution >= 4 is 15.9 Å². The van der Waals surface area contributed by atoms with Crippen molar-refractivity contribution in [1.82, 2.24) is 0 Å². The molecule has 1 nitrogen and oxygen atoms in total. The van der Waals surface area contributed by atoms with Crippen molar-refractivity contribution < 1.29 is 9.13 Å². The van der Waals surface area contributed by atoms with Crippen LogP contribution < -0.4 is 4.74 Å². The van der Waals surface area contributed by atoms with Gasteiger partial charge in [-0.1, -0.05) is 47.5 Å². The van der Waals surface area contributed by atoms with Gasteiger partial charge < -0.3 is 4.74 Å². The molecule has 0 unspecified atom stereocenters. The summed E-state index contributed by atoms with van der Waals surface area (Å²) in [5.74, 6) is 0.601. The van der Waals surface area contributed by atoms with Gasteiger partial charge in [0.15, 0.2) is 0 Å². The molecule has 0 spiro atoms. The van der Waals surface area contributed by atoms with Gasteiger partial charge in [-0.05, 0) is 36.2 Å². The third-order valence-corrected chi connectivity index (χ3v) is 3.36. The standard InChI is InChI=1S/C16H16BrFO/c1-2-3-10-19-14-7-4-12(5-8-14)15-9-6-13(17)11-16(15)18/h4-9,11H,2-3,10H2,1H3. The number of ether oxygens (including phenoxy) is 1. The molecule has 2 aromatic rings. The second kappa shape index (κ2) is 6.71. The van der Waals surface area contributed by atoms with Crippen LogP contribution in [-0.2, 0) is 0 Å². The maximum atomic E-state index is 13.8. The van der Waals surface area contributed by atoms with E-state index in [0.29, 0.717) is 5.56 Å². The summed E-state index contributed by atoms with van der Waals surface area (Å²) in [6, 6.07) is 12.6. The molecule has 2 rings (SSSR count). The molecule has 0 heterocycles. The average Bonchev–Trinajstić information content (AvgIpc) is 2.40. The smallest absolute Gasteiger partial charge is 0.132 e. The van der Waals surface area contributed by atoms with Crippen molar-refractivity contribution in [3.63, 3.8) is 0 Å². The molecule has 0 atom stereocenters. The molecule has 0 radical (unpaired) electrons. The van der Waals surface area contributed by atoms with Crippen LogP contribution in [-0.4, -0.2) is 6.61 Å². The maximum absolute atomic E-state index is 13.8. The minimum atomic E-state index is -0.228. The fourth-order valence-corrected chi connectivity index (χ4v) is 2.12. The molecule has 0 bridgehead atoms. The van der Waals surface area contributed by atoms with Gasteiger partial charge in [-0.25, -0.2) is 4.39 Å². The van der Waals surface area contributed by atoms with Crippen LogP contribution in [0, 0.1) is 5.82 Å². The Morgan fingerprint density at radius 3 is 2.47 bits per heavy atom. The highest BCUT2D eigenvalue weighted by molar-refractivity contribution is 9.10. The van der Waals surface area contributed by atoms with E-state index >= 15 is 0 Å². The molecule has 100 valence electrons. The zero-order chi connectivity index (χ0) is 13.7. The van der Waals surface area contributed by atoms with Gasteiger partial charge in [0.1, 0.15) is 11.6 Å². The number of halogens is 2. The zero-order valence-corrected chi connectivity index (χ0v) is 12.4. The zero-order valence-electron chi connectivity index (χ0n) is 10.8. The molecule has 0 saturated carbocycles. The van der Waals surface area contributed by atoms with Gasteiger partial charge in [0.25, 0.3) is 0 Å². The van der Waals surface area contributed by atoms with E-state index in [1.165, 1.54) is 6.07 Å². The monoisotopic (exact) mass is 322 g/mol. The molecule has 0 aliphatic heterocycles. The van der Waals surface area contributed by atoms with Crippen LogP contribution >= 0.6 is 15.9 Å². The van der Waals surface area contributed by atoms with E-state index in [-0.39, 0.29) is 5.82 Å². The highest BCUT2D eigenvalue weighted by atomic mass is 79.9. The summed E-state index contributed by atoms with van der Waals surface area (Å²) in [5.41, 5.74) is 1.45. The van der Waals surface area contributed by atoms with Gasteiger partial charge in [0.05, 0.1) is 6.61 Å². The Kier molecular flexibility index (Phi) is 4.97. The summed E-state index contributed by atoms with van der Waals surface area (Å²) < 4.78 is 20.2. The third-order valence-electron chi connectivity index (χ3n) is 2.86. The predicted molar refractivity (Wildman–Crippen MR) is 79.9 cm³/mol. The second-order valence-electron chi connectivity index (χ2n) is 4.35. The Morgan fingerprint density at radius 1 is 1.11 bits per heavy atom. The van der Waals surface area contributed by atoms with Crippen molar-refractivity contribution in [2.75, 3.05) is 6.61 Å². The summed E-state index contributed by atoms with van der Waals surface area (Å²) in [6.07, 6.45) is 2.16. The summed E-state index contributed by atoms with van der Waals surface area (Å²) in [4.78, 5) is 0. The van der Waals surface area contributed by atoms with Crippen LogP contribution in [0.3, 0.4) is 0 Å². The highest BCUT2D eigenvalue weighted by Crippen LogP contribution is 2.27. The van der Waals surface area contributed by atoms with E-state index < -0.39 is 0 Å². The van der Waals surface area contributed by atoms with Crippen LogP contribution in [0.15, 0.2) is 46.9 Å². The topological polar surface area (TPSA) is 9.23 Å². The summed E-state index contributed by atoms with van der Waals surface area (Å²) in [6.45, 7) is 2.85. The van der Waals surface area contributed by atoms with E-state index in [9.17, 15) is 4.39 Å². The lowest BCUT2D eigenvalue weighted by atomic mass is 10.1. The molecule has 0 amide bonds. The molecule has 0 aromatic heterocycles. The fourth-order valence-electron chi connectivity index (χ4n) is 1.79. The average molecular weight is 323 g/mol. The molecule has 3 heteroatoms. The lowest BCUT2D eigenvalue weighted by Gasteiger charge is -2.07. The fraction of sp³-hybridized carbons (Fsp3) is 0.250. The second-order valence-corrected chi connectivity index (χ2v) is 5.27. The Bertz CT molecular complexity index is 537. The first kappa shape index (κ1) is 14.1. The van der Waals surface area contributed by atoms with E-state index in [4.69, 9.17) is 4.74 Å². The molecule has 0 aliphatic rings. The van der Waals surface area contributed by atoms with Crippen LogP contribution in [0.25, 0.3) is 11.1 Å². The summed E-state index contributed by atoms with van der Waals surface area (Å²) in [5, 5.41) is 0. The van der Waals surface area contributed by atoms with Crippen LogP contribution in [0.5, 0.6) is 5.75 Å². The molecule has 2 aromatic carbocycles. The van der Waals surface area contributed by atoms with Gasteiger partial charge in [0.2, 0.25) is 0 Å². The van der Waals surface area contributed by atoms with Crippen LogP contribution in [0.2, 0.25) is 0 Å². The maximum Gasteiger partial charge on any atom is 0.132 e. The van der Waals surface area contributed by atoms with E-state index in [1.807, 2.05) is 30.3 Å². The van der Waals surface area contributed by atoms with Crippen molar-refractivity contribution in [3.8, 4) is 16.9 Å². The van der Waals surface area contributed by atoms with E-state index in [2.05, 4.69) is 22.9 Å². The predicted octanol–water partition coefficient (Wildman–Crippen LogP) is 5.43. The number of hydrogen-bond acceptors (Lipinski definition) is 1. The van der Waals surface area contributed by atoms with Gasteiger partial charge in [0, 0.05) is 10.0 Å². The SMILES string of the molecule is CCCCOc1ccc(-c2ccc(Br)cc2F)cc1. The molecular formula is C16H16BrFO.